The molecule has 1 aliphatic heterocycles. The van der Waals surface area contributed by atoms with E-state index >= 15 is 0 Å². The molecule has 1 fully saturated rings. The normalized spacial score (nSPS) is 24.1. The predicted molar refractivity (Wildman–Crippen MR) is 81.9 cm³/mol. The van der Waals surface area contributed by atoms with Crippen LogP contribution in [0.15, 0.2) is 24.3 Å². The number of amides is 1. The SMILES string of the molecule is O=C(NCC1(O)CCCCC1)C1NCCc2ccccc21. The van der Waals surface area contributed by atoms with Gasteiger partial charge in [-0.1, -0.05) is 43.5 Å². The van der Waals surface area contributed by atoms with Crippen molar-refractivity contribution in [1.29, 1.82) is 0 Å². The van der Waals surface area contributed by atoms with E-state index in [0.717, 1.165) is 44.2 Å². The van der Waals surface area contributed by atoms with Crippen LogP contribution in [-0.2, 0) is 11.2 Å². The van der Waals surface area contributed by atoms with Crippen molar-refractivity contribution in [3.05, 3.63) is 35.4 Å². The zero-order chi connectivity index (χ0) is 14.7. The van der Waals surface area contributed by atoms with E-state index in [2.05, 4.69) is 16.7 Å². The van der Waals surface area contributed by atoms with Gasteiger partial charge in [0.15, 0.2) is 0 Å². The lowest BCUT2D eigenvalue weighted by Crippen LogP contribution is -2.48. The minimum absolute atomic E-state index is 0.0267. The molecule has 4 nitrogen and oxygen atoms in total. The summed E-state index contributed by atoms with van der Waals surface area (Å²) in [5, 5.41) is 16.7. The molecule has 0 spiro atoms. The molecule has 1 atom stereocenters. The Morgan fingerprint density at radius 1 is 1.29 bits per heavy atom. The first kappa shape index (κ1) is 14.5. The zero-order valence-electron chi connectivity index (χ0n) is 12.4. The number of carbonyl (C=O) groups is 1. The fourth-order valence-electron chi connectivity index (χ4n) is 3.48. The second-order valence-corrected chi connectivity index (χ2v) is 6.34. The van der Waals surface area contributed by atoms with Crippen LogP contribution in [-0.4, -0.2) is 29.7 Å². The van der Waals surface area contributed by atoms with E-state index in [4.69, 9.17) is 0 Å². The molecule has 0 saturated heterocycles. The van der Waals surface area contributed by atoms with Crippen LogP contribution in [0.4, 0.5) is 0 Å². The summed E-state index contributed by atoms with van der Waals surface area (Å²) in [6, 6.07) is 7.80. The molecular formula is C17H24N2O2. The van der Waals surface area contributed by atoms with E-state index in [1.165, 1.54) is 12.0 Å². The summed E-state index contributed by atoms with van der Waals surface area (Å²) in [5.74, 6) is -0.0267. The molecule has 1 amide bonds. The van der Waals surface area contributed by atoms with Gasteiger partial charge in [-0.15, -0.1) is 0 Å². The van der Waals surface area contributed by atoms with Crippen LogP contribution in [0.5, 0.6) is 0 Å². The molecule has 1 aromatic carbocycles. The summed E-state index contributed by atoms with van der Waals surface area (Å²) in [6.07, 6.45) is 5.84. The predicted octanol–water partition coefficient (Wildman–Crippen LogP) is 1.68. The third-order valence-electron chi connectivity index (χ3n) is 4.75. The Bertz CT molecular complexity index is 509. The standard InChI is InChI=1S/C17H24N2O2/c20-16(19-12-17(21)9-4-1-5-10-17)15-14-7-3-2-6-13(14)8-11-18-15/h2-3,6-7,15,18,21H,1,4-5,8-12H2,(H,19,20). The van der Waals surface area contributed by atoms with Crippen LogP contribution in [0.25, 0.3) is 0 Å². The Morgan fingerprint density at radius 2 is 2.05 bits per heavy atom. The number of aliphatic hydroxyl groups is 1. The molecule has 4 heteroatoms. The molecule has 1 unspecified atom stereocenters. The van der Waals surface area contributed by atoms with E-state index in [1.807, 2.05) is 18.2 Å². The maximum atomic E-state index is 12.5. The largest absolute Gasteiger partial charge is 0.388 e. The molecule has 0 bridgehead atoms. The van der Waals surface area contributed by atoms with Gasteiger partial charge in [-0.3, -0.25) is 4.79 Å². The van der Waals surface area contributed by atoms with E-state index in [0.29, 0.717) is 6.54 Å². The lowest BCUT2D eigenvalue weighted by molar-refractivity contribution is -0.125. The Balaban J connectivity index is 1.64. The van der Waals surface area contributed by atoms with Gasteiger partial charge in [0, 0.05) is 13.1 Å². The number of hydrogen-bond donors (Lipinski definition) is 3. The molecule has 0 aromatic heterocycles. The monoisotopic (exact) mass is 288 g/mol. The highest BCUT2D eigenvalue weighted by Crippen LogP contribution is 2.28. The van der Waals surface area contributed by atoms with Crippen molar-refractivity contribution in [1.82, 2.24) is 10.6 Å². The Kier molecular flexibility index (Phi) is 4.27. The third-order valence-corrected chi connectivity index (χ3v) is 4.75. The van der Waals surface area contributed by atoms with Crippen molar-refractivity contribution in [2.45, 2.75) is 50.2 Å². The van der Waals surface area contributed by atoms with Crippen molar-refractivity contribution >= 4 is 5.91 Å². The van der Waals surface area contributed by atoms with Crippen LogP contribution >= 0.6 is 0 Å². The average Bonchev–Trinajstić information content (AvgIpc) is 2.53. The molecule has 3 N–H and O–H groups in total. The maximum Gasteiger partial charge on any atom is 0.241 e. The third kappa shape index (κ3) is 3.27. The van der Waals surface area contributed by atoms with E-state index < -0.39 is 5.60 Å². The molecular weight excluding hydrogens is 264 g/mol. The first-order valence-corrected chi connectivity index (χ1v) is 7.99. The first-order chi connectivity index (χ1) is 10.2. The van der Waals surface area contributed by atoms with Gasteiger partial charge in [-0.2, -0.15) is 0 Å². The van der Waals surface area contributed by atoms with Gasteiger partial charge >= 0.3 is 0 Å². The van der Waals surface area contributed by atoms with Crippen LogP contribution in [0.2, 0.25) is 0 Å². The Labute approximate surface area is 125 Å². The number of fused-ring (bicyclic) bond motifs is 1. The highest BCUT2D eigenvalue weighted by atomic mass is 16.3. The minimum Gasteiger partial charge on any atom is -0.388 e. The number of hydrogen-bond acceptors (Lipinski definition) is 3. The zero-order valence-corrected chi connectivity index (χ0v) is 12.4. The van der Waals surface area contributed by atoms with Gasteiger partial charge in [0.2, 0.25) is 5.91 Å². The average molecular weight is 288 g/mol. The quantitative estimate of drug-likeness (QED) is 0.793. The smallest absolute Gasteiger partial charge is 0.241 e. The van der Waals surface area contributed by atoms with E-state index in [9.17, 15) is 9.90 Å². The van der Waals surface area contributed by atoms with Gasteiger partial charge in [0.1, 0.15) is 6.04 Å². The first-order valence-electron chi connectivity index (χ1n) is 7.99. The molecule has 114 valence electrons. The number of nitrogens with one attached hydrogen (secondary N) is 2. The van der Waals surface area contributed by atoms with Gasteiger partial charge in [-0.25, -0.2) is 0 Å². The number of carbonyl (C=O) groups excluding carboxylic acids is 1. The second-order valence-electron chi connectivity index (χ2n) is 6.34. The molecule has 1 aliphatic carbocycles. The van der Waals surface area contributed by atoms with Crippen molar-refractivity contribution in [3.8, 4) is 0 Å². The molecule has 3 rings (SSSR count). The van der Waals surface area contributed by atoms with Crippen LogP contribution < -0.4 is 10.6 Å². The summed E-state index contributed by atoms with van der Waals surface area (Å²) >= 11 is 0. The van der Waals surface area contributed by atoms with Gasteiger partial charge in [-0.05, 0) is 30.4 Å². The van der Waals surface area contributed by atoms with Crippen molar-refractivity contribution < 1.29 is 9.90 Å². The molecule has 0 radical (unpaired) electrons. The lowest BCUT2D eigenvalue weighted by Gasteiger charge is -2.33. The lowest BCUT2D eigenvalue weighted by atomic mass is 9.84. The van der Waals surface area contributed by atoms with Crippen molar-refractivity contribution in [2.75, 3.05) is 13.1 Å². The molecule has 1 saturated carbocycles. The van der Waals surface area contributed by atoms with E-state index in [1.54, 1.807) is 0 Å². The van der Waals surface area contributed by atoms with E-state index in [-0.39, 0.29) is 11.9 Å². The number of rotatable bonds is 3. The Hall–Kier alpha value is -1.39. The van der Waals surface area contributed by atoms with Crippen LogP contribution in [0, 0.1) is 0 Å². The maximum absolute atomic E-state index is 12.5. The fourth-order valence-corrected chi connectivity index (χ4v) is 3.48. The highest BCUT2D eigenvalue weighted by molar-refractivity contribution is 5.84. The van der Waals surface area contributed by atoms with Crippen molar-refractivity contribution in [3.63, 3.8) is 0 Å². The van der Waals surface area contributed by atoms with Crippen LogP contribution in [0.3, 0.4) is 0 Å². The summed E-state index contributed by atoms with van der Waals surface area (Å²) in [7, 11) is 0. The van der Waals surface area contributed by atoms with Gasteiger partial charge < -0.3 is 15.7 Å². The summed E-state index contributed by atoms with van der Waals surface area (Å²) in [6.45, 7) is 1.19. The minimum atomic E-state index is -0.706. The second kappa shape index (κ2) is 6.16. The van der Waals surface area contributed by atoms with Crippen molar-refractivity contribution in [2.24, 2.45) is 0 Å². The van der Waals surface area contributed by atoms with Gasteiger partial charge in [0.05, 0.1) is 5.60 Å². The summed E-state index contributed by atoms with van der Waals surface area (Å²) in [4.78, 5) is 12.5. The topological polar surface area (TPSA) is 61.4 Å². The molecule has 1 heterocycles. The number of benzene rings is 1. The highest BCUT2D eigenvalue weighted by Gasteiger charge is 2.31. The van der Waals surface area contributed by atoms with Crippen LogP contribution in [0.1, 0.15) is 49.3 Å². The molecule has 1 aromatic rings. The fraction of sp³-hybridized carbons (Fsp3) is 0.588. The van der Waals surface area contributed by atoms with Gasteiger partial charge in [0.25, 0.3) is 0 Å². The summed E-state index contributed by atoms with van der Waals surface area (Å²) < 4.78 is 0. The molecule has 2 aliphatic rings. The summed E-state index contributed by atoms with van der Waals surface area (Å²) in [5.41, 5.74) is 1.60. The Morgan fingerprint density at radius 3 is 2.86 bits per heavy atom. The molecule has 21 heavy (non-hydrogen) atoms.